The first-order valence-corrected chi connectivity index (χ1v) is 10.1. The average molecular weight is 431 g/mol. The second-order valence-corrected chi connectivity index (χ2v) is 7.72. The Labute approximate surface area is 178 Å². The number of hydrogen-bond acceptors (Lipinski definition) is 6. The van der Waals surface area contributed by atoms with Gasteiger partial charge in [0.15, 0.2) is 5.82 Å². The first-order chi connectivity index (χ1) is 14.7. The monoisotopic (exact) mass is 431 g/mol. The van der Waals surface area contributed by atoms with Crippen molar-refractivity contribution in [2.24, 2.45) is 0 Å². The van der Waals surface area contributed by atoms with Crippen LogP contribution in [0.5, 0.6) is 0 Å². The highest BCUT2D eigenvalue weighted by molar-refractivity contribution is 5.95. The molecule has 31 heavy (non-hydrogen) atoms. The Morgan fingerprint density at radius 1 is 1.06 bits per heavy atom. The molecule has 1 atom stereocenters. The zero-order valence-electron chi connectivity index (χ0n) is 17.3. The van der Waals surface area contributed by atoms with E-state index in [1.165, 1.54) is 6.07 Å². The number of anilines is 3. The Morgan fingerprint density at radius 2 is 1.81 bits per heavy atom. The van der Waals surface area contributed by atoms with Crippen LogP contribution in [0.4, 0.5) is 30.4 Å². The number of morpholine rings is 1. The molecule has 6 nitrogen and oxygen atoms in total. The molecule has 0 amide bonds. The quantitative estimate of drug-likeness (QED) is 0.591. The molecule has 2 heterocycles. The lowest BCUT2D eigenvalue weighted by atomic mass is 10.0. The molecule has 3 N–H and O–H groups in total. The fraction of sp³-hybridized carbons (Fsp3) is 0.364. The van der Waals surface area contributed by atoms with Gasteiger partial charge in [0, 0.05) is 35.2 Å². The number of hydrogen-bond donors (Lipinski definition) is 2. The second-order valence-electron chi connectivity index (χ2n) is 7.72. The summed E-state index contributed by atoms with van der Waals surface area (Å²) < 4.78 is 45.0. The Balaban J connectivity index is 1.69. The molecule has 0 saturated carbocycles. The van der Waals surface area contributed by atoms with Gasteiger partial charge in [0.1, 0.15) is 0 Å². The number of halogens is 3. The normalized spacial score (nSPS) is 15.8. The van der Waals surface area contributed by atoms with Gasteiger partial charge in [0.2, 0.25) is 0 Å². The van der Waals surface area contributed by atoms with E-state index in [1.807, 2.05) is 25.1 Å². The van der Waals surface area contributed by atoms with Crippen LogP contribution in [-0.2, 0) is 10.9 Å². The summed E-state index contributed by atoms with van der Waals surface area (Å²) in [5.41, 5.74) is 7.27. The number of nitrogens with two attached hydrogens (primary N) is 1. The maximum atomic E-state index is 13.2. The first-order valence-electron chi connectivity index (χ1n) is 10.1. The minimum absolute atomic E-state index is 0.0629. The van der Waals surface area contributed by atoms with Crippen LogP contribution in [0.1, 0.15) is 29.8 Å². The van der Waals surface area contributed by atoms with Gasteiger partial charge in [-0.25, -0.2) is 0 Å². The molecule has 4 rings (SSSR count). The summed E-state index contributed by atoms with van der Waals surface area (Å²) in [5, 5.41) is 13.5. The number of aryl methyl sites for hydroxylation is 1. The third-order valence-corrected chi connectivity index (χ3v) is 5.48. The Morgan fingerprint density at radius 3 is 2.52 bits per heavy atom. The van der Waals surface area contributed by atoms with Gasteiger partial charge in [-0.1, -0.05) is 6.07 Å². The number of nitrogens with zero attached hydrogens (tertiary/aromatic N) is 3. The fourth-order valence-corrected chi connectivity index (χ4v) is 3.78. The van der Waals surface area contributed by atoms with E-state index in [4.69, 9.17) is 10.5 Å². The standard InChI is InChI=1S/C22H24F3N5O/c1-13(15-9-16(22(23,24)25)11-17(26)10-15)27-21-20-12-18(30-5-7-31-8-6-30)3-4-19(20)14(2)28-29-21/h3-4,9-13H,5-8,26H2,1-2H3,(H,27,29). The number of nitrogen functional groups attached to an aromatic ring is 1. The van der Waals surface area contributed by atoms with Gasteiger partial charge in [-0.2, -0.15) is 18.3 Å². The topological polar surface area (TPSA) is 76.3 Å². The Kier molecular flexibility index (Phi) is 5.62. The van der Waals surface area contributed by atoms with Gasteiger partial charge in [-0.15, -0.1) is 5.10 Å². The Bertz CT molecular complexity index is 1100. The lowest BCUT2D eigenvalue weighted by Gasteiger charge is -2.29. The van der Waals surface area contributed by atoms with E-state index in [0.717, 1.165) is 47.4 Å². The molecule has 0 spiro atoms. The van der Waals surface area contributed by atoms with Gasteiger partial charge in [-0.3, -0.25) is 0 Å². The van der Waals surface area contributed by atoms with E-state index in [1.54, 1.807) is 6.92 Å². The second kappa shape index (κ2) is 8.22. The van der Waals surface area contributed by atoms with Crippen LogP contribution in [0.25, 0.3) is 10.8 Å². The van der Waals surface area contributed by atoms with Crippen molar-refractivity contribution >= 4 is 28.0 Å². The summed E-state index contributed by atoms with van der Waals surface area (Å²) in [7, 11) is 0. The van der Waals surface area contributed by atoms with Crippen LogP contribution in [0.3, 0.4) is 0 Å². The lowest BCUT2D eigenvalue weighted by Crippen LogP contribution is -2.36. The molecule has 1 fully saturated rings. The number of rotatable bonds is 4. The zero-order chi connectivity index (χ0) is 22.2. The van der Waals surface area contributed by atoms with E-state index in [0.29, 0.717) is 24.6 Å². The summed E-state index contributed by atoms with van der Waals surface area (Å²) >= 11 is 0. The average Bonchev–Trinajstić information content (AvgIpc) is 2.75. The van der Waals surface area contributed by atoms with Crippen molar-refractivity contribution in [3.8, 4) is 0 Å². The molecule has 9 heteroatoms. The minimum Gasteiger partial charge on any atom is -0.399 e. The highest BCUT2D eigenvalue weighted by Crippen LogP contribution is 2.34. The molecule has 1 saturated heterocycles. The predicted octanol–water partition coefficient (Wildman–Crippen LogP) is 4.55. The van der Waals surface area contributed by atoms with Crippen molar-refractivity contribution in [3.05, 3.63) is 53.2 Å². The van der Waals surface area contributed by atoms with E-state index >= 15 is 0 Å². The van der Waals surface area contributed by atoms with Crippen molar-refractivity contribution in [1.82, 2.24) is 10.2 Å². The van der Waals surface area contributed by atoms with Crippen molar-refractivity contribution in [2.75, 3.05) is 42.3 Å². The summed E-state index contributed by atoms with van der Waals surface area (Å²) in [6.07, 6.45) is -4.47. The molecule has 2 aromatic carbocycles. The SMILES string of the molecule is Cc1nnc(NC(C)c2cc(N)cc(C(F)(F)F)c2)c2cc(N3CCOCC3)ccc12. The van der Waals surface area contributed by atoms with Crippen molar-refractivity contribution in [2.45, 2.75) is 26.1 Å². The summed E-state index contributed by atoms with van der Waals surface area (Å²) in [6.45, 7) is 6.59. The summed E-state index contributed by atoms with van der Waals surface area (Å²) in [4.78, 5) is 2.24. The van der Waals surface area contributed by atoms with E-state index in [2.05, 4.69) is 20.4 Å². The number of alkyl halides is 3. The van der Waals surface area contributed by atoms with Crippen molar-refractivity contribution in [1.29, 1.82) is 0 Å². The van der Waals surface area contributed by atoms with Crippen LogP contribution in [0.15, 0.2) is 36.4 Å². The Hall–Kier alpha value is -3.07. The summed E-state index contributed by atoms with van der Waals surface area (Å²) in [6, 6.07) is 9.21. The molecule has 0 bridgehead atoms. The van der Waals surface area contributed by atoms with E-state index in [-0.39, 0.29) is 5.69 Å². The van der Waals surface area contributed by atoms with Crippen molar-refractivity contribution in [3.63, 3.8) is 0 Å². The van der Waals surface area contributed by atoms with Crippen molar-refractivity contribution < 1.29 is 17.9 Å². The minimum atomic E-state index is -4.47. The van der Waals surface area contributed by atoms with Crippen LogP contribution < -0.4 is 16.0 Å². The van der Waals surface area contributed by atoms with E-state index < -0.39 is 17.8 Å². The number of aromatic nitrogens is 2. The number of benzene rings is 2. The predicted molar refractivity (Wildman–Crippen MR) is 115 cm³/mol. The number of ether oxygens (including phenoxy) is 1. The number of fused-ring (bicyclic) bond motifs is 1. The van der Waals surface area contributed by atoms with Gasteiger partial charge in [-0.05, 0) is 49.7 Å². The lowest BCUT2D eigenvalue weighted by molar-refractivity contribution is -0.137. The summed E-state index contributed by atoms with van der Waals surface area (Å²) in [5.74, 6) is 0.513. The number of nitrogens with one attached hydrogen (secondary N) is 1. The molecule has 164 valence electrons. The smallest absolute Gasteiger partial charge is 0.399 e. The first kappa shape index (κ1) is 21.2. The third-order valence-electron chi connectivity index (χ3n) is 5.48. The highest BCUT2D eigenvalue weighted by atomic mass is 19.4. The van der Waals surface area contributed by atoms with Gasteiger partial charge in [0.25, 0.3) is 0 Å². The molecule has 1 unspecified atom stereocenters. The molecular weight excluding hydrogens is 407 g/mol. The van der Waals surface area contributed by atoms with Crippen LogP contribution in [-0.4, -0.2) is 36.5 Å². The molecule has 1 aliphatic rings. The van der Waals surface area contributed by atoms with Gasteiger partial charge >= 0.3 is 6.18 Å². The molecule has 1 aliphatic heterocycles. The molecule has 0 aliphatic carbocycles. The molecule has 1 aromatic heterocycles. The zero-order valence-corrected chi connectivity index (χ0v) is 17.3. The van der Waals surface area contributed by atoms with Gasteiger partial charge in [0.05, 0.1) is 30.5 Å². The fourth-order valence-electron chi connectivity index (χ4n) is 3.78. The third kappa shape index (κ3) is 4.51. The van der Waals surface area contributed by atoms with E-state index in [9.17, 15) is 13.2 Å². The molecule has 3 aromatic rings. The largest absolute Gasteiger partial charge is 0.416 e. The maximum absolute atomic E-state index is 13.2. The highest BCUT2D eigenvalue weighted by Gasteiger charge is 2.31. The van der Waals surface area contributed by atoms with Crippen LogP contribution in [0, 0.1) is 6.92 Å². The maximum Gasteiger partial charge on any atom is 0.416 e. The van der Waals surface area contributed by atoms with Gasteiger partial charge < -0.3 is 20.7 Å². The van der Waals surface area contributed by atoms with Crippen LogP contribution >= 0.6 is 0 Å². The van der Waals surface area contributed by atoms with Crippen LogP contribution in [0.2, 0.25) is 0 Å². The molecular formula is C22H24F3N5O. The molecule has 0 radical (unpaired) electrons.